The lowest BCUT2D eigenvalue weighted by Crippen LogP contribution is -2.60. The molecule has 0 bridgehead atoms. The minimum atomic E-state index is -1.67. The number of hydrogen-bond donors (Lipinski definition) is 1. The Morgan fingerprint density at radius 2 is 1.75 bits per heavy atom. The van der Waals surface area contributed by atoms with Gasteiger partial charge in [-0.3, -0.25) is 4.79 Å². The Morgan fingerprint density at radius 3 is 2.20 bits per heavy atom. The van der Waals surface area contributed by atoms with Crippen molar-refractivity contribution in [3.63, 3.8) is 0 Å². The van der Waals surface area contributed by atoms with Gasteiger partial charge in [0.2, 0.25) is 11.4 Å². The second-order valence-corrected chi connectivity index (χ2v) is 4.84. The van der Waals surface area contributed by atoms with Crippen LogP contribution in [0.1, 0.15) is 46.5 Å². The van der Waals surface area contributed by atoms with Crippen LogP contribution in [0, 0.1) is 5.92 Å². The Hall–Kier alpha value is -1.59. The summed E-state index contributed by atoms with van der Waals surface area (Å²) in [6.45, 7) is 5.64. The Balaban J connectivity index is 3.08. The first kappa shape index (κ1) is 16.5. The fourth-order valence-corrected chi connectivity index (χ4v) is 2.53. The van der Waals surface area contributed by atoms with Crippen molar-refractivity contribution < 1.29 is 23.9 Å². The van der Waals surface area contributed by atoms with Crippen molar-refractivity contribution in [3.05, 3.63) is 0 Å². The van der Waals surface area contributed by atoms with Crippen molar-refractivity contribution >= 4 is 17.8 Å². The van der Waals surface area contributed by atoms with E-state index in [0.717, 1.165) is 12.8 Å². The van der Waals surface area contributed by atoms with Crippen LogP contribution in [-0.4, -0.2) is 36.6 Å². The Bertz CT molecular complexity index is 362. The lowest BCUT2D eigenvalue weighted by molar-refractivity contribution is -0.168. The van der Waals surface area contributed by atoms with E-state index in [1.807, 2.05) is 6.92 Å². The van der Waals surface area contributed by atoms with Crippen molar-refractivity contribution in [3.8, 4) is 0 Å². The highest BCUT2D eigenvalue weighted by Crippen LogP contribution is 2.34. The summed E-state index contributed by atoms with van der Waals surface area (Å²) in [5, 5.41) is 2.51. The van der Waals surface area contributed by atoms with E-state index in [0.29, 0.717) is 6.42 Å². The van der Waals surface area contributed by atoms with E-state index >= 15 is 0 Å². The van der Waals surface area contributed by atoms with E-state index in [1.165, 1.54) is 0 Å². The van der Waals surface area contributed by atoms with Crippen LogP contribution in [0.15, 0.2) is 0 Å². The van der Waals surface area contributed by atoms with Crippen LogP contribution in [-0.2, 0) is 23.9 Å². The van der Waals surface area contributed by atoms with Gasteiger partial charge in [0.1, 0.15) is 0 Å². The third-order valence-corrected chi connectivity index (χ3v) is 3.48. The van der Waals surface area contributed by atoms with E-state index in [1.54, 1.807) is 13.8 Å². The van der Waals surface area contributed by atoms with E-state index < -0.39 is 23.4 Å². The zero-order chi connectivity index (χ0) is 15.2. The topological polar surface area (TPSA) is 81.7 Å². The quantitative estimate of drug-likeness (QED) is 0.561. The van der Waals surface area contributed by atoms with Crippen molar-refractivity contribution in [1.29, 1.82) is 0 Å². The normalized spacial score (nSPS) is 20.4. The molecule has 0 saturated carbocycles. The van der Waals surface area contributed by atoms with Crippen LogP contribution in [0.3, 0.4) is 0 Å². The lowest BCUT2D eigenvalue weighted by Gasteiger charge is -2.30. The van der Waals surface area contributed by atoms with Crippen molar-refractivity contribution in [2.75, 3.05) is 13.2 Å². The first-order valence-corrected chi connectivity index (χ1v) is 7.18. The third-order valence-electron chi connectivity index (χ3n) is 3.48. The highest BCUT2D eigenvalue weighted by atomic mass is 16.6. The highest BCUT2D eigenvalue weighted by molar-refractivity contribution is 6.10. The number of hydrogen-bond acceptors (Lipinski definition) is 5. The Labute approximate surface area is 119 Å². The molecule has 114 valence electrons. The average molecular weight is 285 g/mol. The summed E-state index contributed by atoms with van der Waals surface area (Å²) in [6.07, 6.45) is 2.51. The monoisotopic (exact) mass is 285 g/mol. The molecule has 1 fully saturated rings. The largest absolute Gasteiger partial charge is 0.464 e. The maximum atomic E-state index is 12.3. The van der Waals surface area contributed by atoms with Crippen LogP contribution in [0.4, 0.5) is 0 Å². The van der Waals surface area contributed by atoms with Gasteiger partial charge in [0.05, 0.1) is 13.2 Å². The third kappa shape index (κ3) is 3.11. The fraction of sp³-hybridized carbons (Fsp3) is 0.786. The molecule has 0 spiro atoms. The summed E-state index contributed by atoms with van der Waals surface area (Å²) >= 11 is 0. The van der Waals surface area contributed by atoms with Gasteiger partial charge in [0.25, 0.3) is 0 Å². The summed E-state index contributed by atoms with van der Waals surface area (Å²) < 4.78 is 10.0. The molecule has 0 aromatic carbocycles. The number of nitrogens with one attached hydrogen (secondary N) is 1. The van der Waals surface area contributed by atoms with Gasteiger partial charge in [0.15, 0.2) is 0 Å². The number of carbonyl (C=O) groups excluding carboxylic acids is 3. The molecule has 0 aliphatic carbocycles. The standard InChI is InChI=1S/C14H23NO5/c1-4-7-8-10-9-11(16)15-14(10,12(17)19-5-2)13(18)20-6-3/h10H,4-9H2,1-3H3,(H,15,16)/t10-/m0/s1. The predicted molar refractivity (Wildman–Crippen MR) is 71.8 cm³/mol. The number of esters is 2. The van der Waals surface area contributed by atoms with E-state index in [4.69, 9.17) is 9.47 Å². The first-order chi connectivity index (χ1) is 9.52. The molecule has 0 aromatic heterocycles. The molecule has 1 amide bonds. The molecule has 6 nitrogen and oxygen atoms in total. The molecule has 1 heterocycles. The van der Waals surface area contributed by atoms with E-state index in [2.05, 4.69) is 5.32 Å². The molecular formula is C14H23NO5. The first-order valence-electron chi connectivity index (χ1n) is 7.18. The van der Waals surface area contributed by atoms with Crippen molar-refractivity contribution in [1.82, 2.24) is 5.32 Å². The van der Waals surface area contributed by atoms with Crippen LogP contribution in [0.5, 0.6) is 0 Å². The summed E-state index contributed by atoms with van der Waals surface area (Å²) in [7, 11) is 0. The summed E-state index contributed by atoms with van der Waals surface area (Å²) in [5.41, 5.74) is -1.67. The summed E-state index contributed by atoms with van der Waals surface area (Å²) in [5.74, 6) is -2.16. The van der Waals surface area contributed by atoms with E-state index in [9.17, 15) is 14.4 Å². The molecule has 20 heavy (non-hydrogen) atoms. The minimum absolute atomic E-state index is 0.149. The van der Waals surface area contributed by atoms with Crippen LogP contribution in [0.25, 0.3) is 0 Å². The molecular weight excluding hydrogens is 262 g/mol. The fourth-order valence-electron chi connectivity index (χ4n) is 2.53. The van der Waals surface area contributed by atoms with Gasteiger partial charge in [0, 0.05) is 12.3 Å². The summed E-state index contributed by atoms with van der Waals surface area (Å²) in [4.78, 5) is 36.3. The van der Waals surface area contributed by atoms with Gasteiger partial charge in [-0.1, -0.05) is 19.8 Å². The second kappa shape index (κ2) is 7.26. The SMILES string of the molecule is CCCC[C@H]1CC(=O)NC1(C(=O)OCC)C(=O)OCC. The molecule has 1 rings (SSSR count). The minimum Gasteiger partial charge on any atom is -0.464 e. The zero-order valence-electron chi connectivity index (χ0n) is 12.4. The number of rotatable bonds is 7. The predicted octanol–water partition coefficient (Wildman–Crippen LogP) is 1.18. The zero-order valence-corrected chi connectivity index (χ0v) is 12.4. The number of carbonyl (C=O) groups is 3. The highest BCUT2D eigenvalue weighted by Gasteiger charge is 2.60. The molecule has 1 aliphatic heterocycles. The van der Waals surface area contributed by atoms with Crippen molar-refractivity contribution in [2.24, 2.45) is 5.92 Å². The van der Waals surface area contributed by atoms with Gasteiger partial charge in [-0.05, 0) is 20.3 Å². The van der Waals surface area contributed by atoms with Crippen LogP contribution in [0.2, 0.25) is 0 Å². The lowest BCUT2D eigenvalue weighted by atomic mass is 9.82. The number of amides is 1. The van der Waals surface area contributed by atoms with Gasteiger partial charge in [-0.15, -0.1) is 0 Å². The molecule has 0 aromatic rings. The molecule has 1 atom stereocenters. The average Bonchev–Trinajstić information content (AvgIpc) is 2.75. The smallest absolute Gasteiger partial charge is 0.344 e. The molecule has 1 N–H and O–H groups in total. The van der Waals surface area contributed by atoms with Gasteiger partial charge < -0.3 is 14.8 Å². The molecule has 0 unspecified atom stereocenters. The summed E-state index contributed by atoms with van der Waals surface area (Å²) in [6, 6.07) is 0. The maximum Gasteiger partial charge on any atom is 0.344 e. The molecule has 1 saturated heterocycles. The van der Waals surface area contributed by atoms with Crippen LogP contribution >= 0.6 is 0 Å². The van der Waals surface area contributed by atoms with Gasteiger partial charge in [-0.25, -0.2) is 9.59 Å². The number of unbranched alkanes of at least 4 members (excludes halogenated alkanes) is 1. The van der Waals surface area contributed by atoms with Gasteiger partial charge in [-0.2, -0.15) is 0 Å². The Kier molecular flexibility index (Phi) is 5.98. The molecule has 6 heteroatoms. The molecule has 1 aliphatic rings. The maximum absolute atomic E-state index is 12.3. The van der Waals surface area contributed by atoms with E-state index in [-0.39, 0.29) is 25.5 Å². The van der Waals surface area contributed by atoms with Crippen LogP contribution < -0.4 is 5.32 Å². The van der Waals surface area contributed by atoms with Crippen molar-refractivity contribution in [2.45, 2.75) is 52.0 Å². The second-order valence-electron chi connectivity index (χ2n) is 4.84. The Morgan fingerprint density at radius 1 is 1.20 bits per heavy atom. The molecule has 0 radical (unpaired) electrons. The van der Waals surface area contributed by atoms with Gasteiger partial charge >= 0.3 is 11.9 Å². The number of ether oxygens (including phenoxy) is 2.